The maximum absolute atomic E-state index is 13.0. The van der Waals surface area contributed by atoms with Crippen molar-refractivity contribution in [1.29, 1.82) is 0 Å². The lowest BCUT2D eigenvalue weighted by atomic mass is 10.1. The van der Waals surface area contributed by atoms with E-state index in [9.17, 15) is 9.18 Å². The number of carbonyl (C=O) groups is 1. The van der Waals surface area contributed by atoms with Crippen molar-refractivity contribution >= 4 is 5.91 Å². The Balaban J connectivity index is 1.74. The van der Waals surface area contributed by atoms with Gasteiger partial charge in [-0.1, -0.05) is 25.7 Å². The molecule has 1 aliphatic rings. The van der Waals surface area contributed by atoms with Crippen LogP contribution in [0.25, 0.3) is 11.4 Å². The number of hydrogen-bond acceptors (Lipinski definition) is 3. The maximum atomic E-state index is 13.0. The Morgan fingerprint density at radius 1 is 1.12 bits per heavy atom. The minimum Gasteiger partial charge on any atom is -0.349 e. The van der Waals surface area contributed by atoms with Crippen LogP contribution >= 0.6 is 0 Å². The molecule has 1 heterocycles. The van der Waals surface area contributed by atoms with Crippen LogP contribution in [0.5, 0.6) is 0 Å². The van der Waals surface area contributed by atoms with Crippen LogP contribution in [0, 0.1) is 12.7 Å². The second-order valence-electron chi connectivity index (χ2n) is 6.36. The molecule has 126 valence electrons. The summed E-state index contributed by atoms with van der Waals surface area (Å²) < 4.78 is 13.0. The molecule has 2 aromatic rings. The Bertz CT molecular complexity index is 707. The zero-order valence-electron chi connectivity index (χ0n) is 13.9. The molecule has 0 spiro atoms. The Morgan fingerprint density at radius 3 is 2.42 bits per heavy atom. The van der Waals surface area contributed by atoms with E-state index in [1.54, 1.807) is 25.3 Å². The van der Waals surface area contributed by atoms with Crippen LogP contribution in [-0.2, 0) is 0 Å². The summed E-state index contributed by atoms with van der Waals surface area (Å²) in [7, 11) is 0. The summed E-state index contributed by atoms with van der Waals surface area (Å²) in [4.78, 5) is 21.2. The summed E-state index contributed by atoms with van der Waals surface area (Å²) in [6, 6.07) is 6.27. The van der Waals surface area contributed by atoms with Crippen LogP contribution in [-0.4, -0.2) is 21.9 Å². The number of nitrogens with zero attached hydrogens (tertiary/aromatic N) is 2. The van der Waals surface area contributed by atoms with Crippen LogP contribution in [0.2, 0.25) is 0 Å². The Kier molecular flexibility index (Phi) is 5.18. The first-order valence-corrected chi connectivity index (χ1v) is 8.54. The molecule has 0 saturated heterocycles. The number of hydrogen-bond donors (Lipinski definition) is 1. The molecule has 0 atom stereocenters. The molecular formula is C19H22FN3O. The van der Waals surface area contributed by atoms with Crippen molar-refractivity contribution < 1.29 is 9.18 Å². The second kappa shape index (κ2) is 7.51. The van der Waals surface area contributed by atoms with E-state index in [0.29, 0.717) is 17.1 Å². The van der Waals surface area contributed by atoms with Crippen molar-refractivity contribution in [3.8, 4) is 11.4 Å². The molecule has 0 radical (unpaired) electrons. The molecule has 1 amide bonds. The molecule has 3 rings (SSSR count). The van der Waals surface area contributed by atoms with Crippen molar-refractivity contribution in [3.05, 3.63) is 47.5 Å². The van der Waals surface area contributed by atoms with Gasteiger partial charge in [-0.25, -0.2) is 14.4 Å². The average Bonchev–Trinajstić information content (AvgIpc) is 2.84. The third-order valence-electron chi connectivity index (χ3n) is 4.52. The summed E-state index contributed by atoms with van der Waals surface area (Å²) in [5, 5.41) is 3.11. The van der Waals surface area contributed by atoms with E-state index >= 15 is 0 Å². The Morgan fingerprint density at radius 2 is 1.79 bits per heavy atom. The number of carbonyl (C=O) groups excluding carboxylic acids is 1. The van der Waals surface area contributed by atoms with Gasteiger partial charge >= 0.3 is 0 Å². The van der Waals surface area contributed by atoms with Gasteiger partial charge in [0.05, 0.1) is 11.3 Å². The van der Waals surface area contributed by atoms with Gasteiger partial charge in [0.1, 0.15) is 5.82 Å². The molecule has 5 heteroatoms. The molecular weight excluding hydrogens is 305 g/mol. The van der Waals surface area contributed by atoms with Crippen molar-refractivity contribution in [2.24, 2.45) is 0 Å². The first-order chi connectivity index (χ1) is 11.6. The molecule has 0 bridgehead atoms. The molecule has 1 fully saturated rings. The smallest absolute Gasteiger partial charge is 0.254 e. The van der Waals surface area contributed by atoms with E-state index < -0.39 is 0 Å². The van der Waals surface area contributed by atoms with Crippen LogP contribution in [0.15, 0.2) is 30.5 Å². The van der Waals surface area contributed by atoms with Gasteiger partial charge < -0.3 is 5.32 Å². The largest absolute Gasteiger partial charge is 0.349 e. The molecule has 1 aliphatic carbocycles. The zero-order valence-corrected chi connectivity index (χ0v) is 13.9. The van der Waals surface area contributed by atoms with Gasteiger partial charge in [0.15, 0.2) is 5.82 Å². The monoisotopic (exact) mass is 327 g/mol. The summed E-state index contributed by atoms with van der Waals surface area (Å²) in [5.74, 6) is 0.0958. The van der Waals surface area contributed by atoms with Crippen LogP contribution in [0.4, 0.5) is 4.39 Å². The molecule has 4 nitrogen and oxygen atoms in total. The van der Waals surface area contributed by atoms with Gasteiger partial charge in [-0.2, -0.15) is 0 Å². The van der Waals surface area contributed by atoms with Crippen LogP contribution in [0.1, 0.15) is 54.6 Å². The highest BCUT2D eigenvalue weighted by molar-refractivity contribution is 5.95. The topological polar surface area (TPSA) is 54.9 Å². The number of nitrogens with one attached hydrogen (secondary N) is 1. The van der Waals surface area contributed by atoms with E-state index in [2.05, 4.69) is 15.3 Å². The molecule has 1 aromatic carbocycles. The molecule has 1 aromatic heterocycles. The predicted molar refractivity (Wildman–Crippen MR) is 91.1 cm³/mol. The summed E-state index contributed by atoms with van der Waals surface area (Å²) in [6.45, 7) is 1.80. The van der Waals surface area contributed by atoms with Gasteiger partial charge in [0, 0.05) is 17.8 Å². The van der Waals surface area contributed by atoms with Crippen molar-refractivity contribution in [1.82, 2.24) is 15.3 Å². The standard InChI is InChI=1S/C19H22FN3O/c1-13-17(19(24)23-16-6-4-2-3-5-7-16)12-21-18(22-13)14-8-10-15(20)11-9-14/h8-12,16H,2-7H2,1H3,(H,23,24). The minimum atomic E-state index is -0.296. The SMILES string of the molecule is Cc1nc(-c2ccc(F)cc2)ncc1C(=O)NC1CCCCCC1. The number of aromatic nitrogens is 2. The molecule has 24 heavy (non-hydrogen) atoms. The highest BCUT2D eigenvalue weighted by Crippen LogP contribution is 2.19. The Hall–Kier alpha value is -2.30. The highest BCUT2D eigenvalue weighted by atomic mass is 19.1. The van der Waals surface area contributed by atoms with Crippen LogP contribution < -0.4 is 5.32 Å². The van der Waals surface area contributed by atoms with Gasteiger partial charge in [-0.05, 0) is 44.0 Å². The summed E-state index contributed by atoms with van der Waals surface area (Å²) in [6.07, 6.45) is 8.49. The number of amides is 1. The average molecular weight is 327 g/mol. The summed E-state index contributed by atoms with van der Waals surface area (Å²) in [5.41, 5.74) is 1.87. The fraction of sp³-hybridized carbons (Fsp3) is 0.421. The number of rotatable bonds is 3. The minimum absolute atomic E-state index is 0.106. The van der Waals surface area contributed by atoms with E-state index in [-0.39, 0.29) is 17.8 Å². The van der Waals surface area contributed by atoms with E-state index in [1.165, 1.54) is 37.8 Å². The van der Waals surface area contributed by atoms with Crippen molar-refractivity contribution in [2.45, 2.75) is 51.5 Å². The lowest BCUT2D eigenvalue weighted by Crippen LogP contribution is -2.35. The highest BCUT2D eigenvalue weighted by Gasteiger charge is 2.18. The fourth-order valence-corrected chi connectivity index (χ4v) is 3.11. The number of aryl methyl sites for hydroxylation is 1. The first-order valence-electron chi connectivity index (χ1n) is 8.54. The fourth-order valence-electron chi connectivity index (χ4n) is 3.11. The normalized spacial score (nSPS) is 15.8. The van der Waals surface area contributed by atoms with E-state index in [4.69, 9.17) is 0 Å². The predicted octanol–water partition coefficient (Wildman–Crippen LogP) is 4.04. The second-order valence-corrected chi connectivity index (χ2v) is 6.36. The zero-order chi connectivity index (χ0) is 16.9. The van der Waals surface area contributed by atoms with Gasteiger partial charge in [-0.3, -0.25) is 4.79 Å². The Labute approximate surface area is 141 Å². The van der Waals surface area contributed by atoms with Crippen molar-refractivity contribution in [2.75, 3.05) is 0 Å². The summed E-state index contributed by atoms with van der Waals surface area (Å²) >= 11 is 0. The van der Waals surface area contributed by atoms with Crippen LogP contribution in [0.3, 0.4) is 0 Å². The molecule has 1 saturated carbocycles. The molecule has 1 N–H and O–H groups in total. The first kappa shape index (κ1) is 16.6. The quantitative estimate of drug-likeness (QED) is 0.866. The van der Waals surface area contributed by atoms with Gasteiger partial charge in [0.25, 0.3) is 5.91 Å². The lowest BCUT2D eigenvalue weighted by molar-refractivity contribution is 0.0932. The molecule has 0 unspecified atom stereocenters. The van der Waals surface area contributed by atoms with E-state index in [0.717, 1.165) is 18.4 Å². The third kappa shape index (κ3) is 3.96. The lowest BCUT2D eigenvalue weighted by Gasteiger charge is -2.16. The van der Waals surface area contributed by atoms with E-state index in [1.807, 2.05) is 0 Å². The number of halogens is 1. The maximum Gasteiger partial charge on any atom is 0.254 e. The van der Waals surface area contributed by atoms with Crippen molar-refractivity contribution in [3.63, 3.8) is 0 Å². The number of benzene rings is 1. The molecule has 0 aliphatic heterocycles. The van der Waals surface area contributed by atoms with Gasteiger partial charge in [0.2, 0.25) is 0 Å². The third-order valence-corrected chi connectivity index (χ3v) is 4.52. The van der Waals surface area contributed by atoms with Gasteiger partial charge in [-0.15, -0.1) is 0 Å².